The smallest absolute Gasteiger partial charge is 0.313 e. The highest BCUT2D eigenvalue weighted by Crippen LogP contribution is 2.44. The maximum Gasteiger partial charge on any atom is 0.313 e. The molecule has 3 aliphatic rings. The van der Waals surface area contributed by atoms with Crippen LogP contribution < -0.4 is 0 Å². The van der Waals surface area contributed by atoms with E-state index in [9.17, 15) is 14.7 Å². The zero-order valence-corrected chi connectivity index (χ0v) is 14.7. The molecule has 2 aliphatic heterocycles. The number of aryl methyl sites for hydroxylation is 1. The zero-order chi connectivity index (χ0) is 16.9. The van der Waals surface area contributed by atoms with Crippen LogP contribution in [0.4, 0.5) is 0 Å². The van der Waals surface area contributed by atoms with Crippen LogP contribution in [0.2, 0.25) is 0 Å². The topological polar surface area (TPSA) is 73.7 Å². The van der Waals surface area contributed by atoms with Crippen LogP contribution >= 0.6 is 11.3 Å². The molecule has 1 aliphatic carbocycles. The molecule has 7 heteroatoms. The number of hydrogen-bond acceptors (Lipinski definition) is 5. The van der Waals surface area contributed by atoms with Crippen molar-refractivity contribution in [3.63, 3.8) is 0 Å². The number of fused-ring (bicyclic) bond motifs is 1. The minimum Gasteiger partial charge on any atom is -0.481 e. The second-order valence-corrected chi connectivity index (χ2v) is 8.47. The number of carboxylic acids is 1. The Morgan fingerprint density at radius 2 is 2.17 bits per heavy atom. The van der Waals surface area contributed by atoms with E-state index in [1.807, 2.05) is 17.3 Å². The van der Waals surface area contributed by atoms with Crippen molar-refractivity contribution in [1.82, 2.24) is 14.8 Å². The summed E-state index contributed by atoms with van der Waals surface area (Å²) in [5.74, 6) is -0.390. The largest absolute Gasteiger partial charge is 0.481 e. The molecule has 1 aromatic rings. The summed E-state index contributed by atoms with van der Waals surface area (Å²) < 4.78 is 0. The second kappa shape index (κ2) is 5.81. The lowest BCUT2D eigenvalue weighted by Crippen LogP contribution is -2.44. The predicted octanol–water partition coefficient (Wildman–Crippen LogP) is 1.60. The van der Waals surface area contributed by atoms with E-state index in [4.69, 9.17) is 0 Å². The van der Waals surface area contributed by atoms with Crippen LogP contribution in [0.3, 0.4) is 0 Å². The molecular formula is C17H23N3O3S. The Labute approximate surface area is 145 Å². The summed E-state index contributed by atoms with van der Waals surface area (Å²) in [6, 6.07) is 0. The number of likely N-dealkylation sites (tertiary alicyclic amines) is 2. The Morgan fingerprint density at radius 3 is 2.71 bits per heavy atom. The summed E-state index contributed by atoms with van der Waals surface area (Å²) in [5, 5.41) is 9.91. The van der Waals surface area contributed by atoms with Gasteiger partial charge in [0.25, 0.3) is 0 Å². The third-order valence-corrected chi connectivity index (χ3v) is 7.00. The Hall–Kier alpha value is -1.47. The van der Waals surface area contributed by atoms with Gasteiger partial charge in [-0.15, -0.1) is 11.3 Å². The number of rotatable bonds is 4. The lowest BCUT2D eigenvalue weighted by molar-refractivity contribution is -0.149. The van der Waals surface area contributed by atoms with Gasteiger partial charge in [0.05, 0.1) is 11.2 Å². The second-order valence-electron chi connectivity index (χ2n) is 7.54. The van der Waals surface area contributed by atoms with Crippen LogP contribution in [-0.2, 0) is 16.1 Å². The third-order valence-electron chi connectivity index (χ3n) is 6.08. The molecule has 1 N–H and O–H groups in total. The molecule has 0 aromatic carbocycles. The van der Waals surface area contributed by atoms with E-state index in [1.165, 1.54) is 4.88 Å². The van der Waals surface area contributed by atoms with Crippen LogP contribution in [-0.4, -0.2) is 57.9 Å². The lowest BCUT2D eigenvalue weighted by atomic mass is 9.81. The van der Waals surface area contributed by atoms with Gasteiger partial charge < -0.3 is 10.0 Å². The van der Waals surface area contributed by atoms with Crippen molar-refractivity contribution in [3.8, 4) is 0 Å². The minimum atomic E-state index is -0.794. The molecule has 0 unspecified atom stereocenters. The van der Waals surface area contributed by atoms with Gasteiger partial charge in [-0.05, 0) is 19.8 Å². The summed E-state index contributed by atoms with van der Waals surface area (Å²) in [4.78, 5) is 34.1. The SMILES string of the molecule is Cc1ncsc1CN1C[C@H]2CN(C(=O)C3CCC3)C[C@@]2(C(=O)O)C1. The molecule has 1 amide bonds. The first kappa shape index (κ1) is 16.0. The van der Waals surface area contributed by atoms with Crippen LogP contribution in [0.5, 0.6) is 0 Å². The van der Waals surface area contributed by atoms with Crippen LogP contribution in [0.25, 0.3) is 0 Å². The van der Waals surface area contributed by atoms with Gasteiger partial charge in [0, 0.05) is 49.4 Å². The van der Waals surface area contributed by atoms with Gasteiger partial charge >= 0.3 is 5.97 Å². The van der Waals surface area contributed by atoms with Gasteiger partial charge in [-0.25, -0.2) is 4.98 Å². The Balaban J connectivity index is 1.48. The summed E-state index contributed by atoms with van der Waals surface area (Å²) >= 11 is 1.63. The van der Waals surface area contributed by atoms with Gasteiger partial charge in [-0.2, -0.15) is 0 Å². The Bertz CT molecular complexity index is 672. The molecule has 3 heterocycles. The molecule has 2 atom stereocenters. The lowest BCUT2D eigenvalue weighted by Gasteiger charge is -2.31. The van der Waals surface area contributed by atoms with Crippen molar-refractivity contribution in [3.05, 3.63) is 16.1 Å². The maximum absolute atomic E-state index is 12.5. The van der Waals surface area contributed by atoms with E-state index >= 15 is 0 Å². The van der Waals surface area contributed by atoms with Crippen molar-refractivity contribution in [2.75, 3.05) is 26.2 Å². The molecule has 6 nitrogen and oxygen atoms in total. The fourth-order valence-electron chi connectivity index (χ4n) is 4.35. The van der Waals surface area contributed by atoms with E-state index in [0.717, 1.165) is 38.0 Å². The normalized spacial score (nSPS) is 30.4. The molecule has 2 saturated heterocycles. The summed E-state index contributed by atoms with van der Waals surface area (Å²) in [6.07, 6.45) is 3.06. The van der Waals surface area contributed by atoms with E-state index in [0.29, 0.717) is 19.6 Å². The number of nitrogens with zero attached hydrogens (tertiary/aromatic N) is 3. The fraction of sp³-hybridized carbons (Fsp3) is 0.706. The number of aromatic nitrogens is 1. The maximum atomic E-state index is 12.5. The van der Waals surface area contributed by atoms with Gasteiger partial charge in [-0.1, -0.05) is 6.42 Å². The van der Waals surface area contributed by atoms with Crippen molar-refractivity contribution >= 4 is 23.2 Å². The zero-order valence-electron chi connectivity index (χ0n) is 13.9. The number of hydrogen-bond donors (Lipinski definition) is 1. The highest BCUT2D eigenvalue weighted by Gasteiger charge is 2.58. The molecule has 1 aromatic heterocycles. The number of amides is 1. The summed E-state index contributed by atoms with van der Waals surface area (Å²) in [7, 11) is 0. The van der Waals surface area contributed by atoms with Crippen LogP contribution in [0, 0.1) is 24.2 Å². The molecule has 0 spiro atoms. The fourth-order valence-corrected chi connectivity index (χ4v) is 5.17. The predicted molar refractivity (Wildman–Crippen MR) is 89.6 cm³/mol. The highest BCUT2D eigenvalue weighted by molar-refractivity contribution is 7.09. The first-order valence-electron chi connectivity index (χ1n) is 8.63. The van der Waals surface area contributed by atoms with E-state index in [1.54, 1.807) is 11.3 Å². The van der Waals surface area contributed by atoms with Gasteiger partial charge in [-0.3, -0.25) is 14.5 Å². The monoisotopic (exact) mass is 349 g/mol. The first-order valence-corrected chi connectivity index (χ1v) is 9.51. The molecular weight excluding hydrogens is 326 g/mol. The van der Waals surface area contributed by atoms with Gasteiger partial charge in [0.15, 0.2) is 0 Å². The number of carboxylic acid groups (broad SMARTS) is 1. The first-order chi connectivity index (χ1) is 11.5. The van der Waals surface area contributed by atoms with E-state index in [2.05, 4.69) is 9.88 Å². The quantitative estimate of drug-likeness (QED) is 0.894. The van der Waals surface area contributed by atoms with Crippen molar-refractivity contribution in [2.45, 2.75) is 32.7 Å². The number of carbonyl (C=O) groups excluding carboxylic acids is 1. The molecule has 4 rings (SSSR count). The van der Waals surface area contributed by atoms with Crippen molar-refractivity contribution in [1.29, 1.82) is 0 Å². The average molecular weight is 349 g/mol. The number of carbonyl (C=O) groups is 2. The summed E-state index contributed by atoms with van der Waals surface area (Å²) in [6.45, 7) is 5.00. The minimum absolute atomic E-state index is 0.0345. The van der Waals surface area contributed by atoms with E-state index in [-0.39, 0.29) is 17.7 Å². The van der Waals surface area contributed by atoms with Crippen molar-refractivity contribution < 1.29 is 14.7 Å². The van der Waals surface area contributed by atoms with Gasteiger partial charge in [0.1, 0.15) is 5.41 Å². The molecule has 3 fully saturated rings. The van der Waals surface area contributed by atoms with Crippen LogP contribution in [0.1, 0.15) is 29.8 Å². The number of thiazole rings is 1. The number of aliphatic carboxylic acids is 1. The summed E-state index contributed by atoms with van der Waals surface area (Å²) in [5.41, 5.74) is 2.08. The molecule has 1 saturated carbocycles. The Kier molecular flexibility index (Phi) is 3.88. The standard InChI is InChI=1S/C17H23N3O3S/c1-11-14(24-10-18-11)7-19-5-13-6-20(15(21)12-3-2-4-12)9-17(13,8-19)16(22)23/h10,12-13H,2-9H2,1H3,(H,22,23)/t13-,17-/m0/s1. The third kappa shape index (κ3) is 2.45. The molecule has 130 valence electrons. The highest BCUT2D eigenvalue weighted by atomic mass is 32.1. The molecule has 0 bridgehead atoms. The molecule has 24 heavy (non-hydrogen) atoms. The average Bonchev–Trinajstić information content (AvgIpc) is 3.10. The van der Waals surface area contributed by atoms with E-state index < -0.39 is 11.4 Å². The van der Waals surface area contributed by atoms with Crippen LogP contribution in [0.15, 0.2) is 5.51 Å². The molecule has 0 radical (unpaired) electrons. The Morgan fingerprint density at radius 1 is 1.38 bits per heavy atom. The van der Waals surface area contributed by atoms with Crippen molar-refractivity contribution in [2.24, 2.45) is 17.3 Å². The van der Waals surface area contributed by atoms with Gasteiger partial charge in [0.2, 0.25) is 5.91 Å².